The molecule has 0 saturated heterocycles. The molecule has 1 aliphatic heterocycles. The normalized spacial score (nSPS) is 14.5. The quantitative estimate of drug-likeness (QED) is 0.942. The van der Waals surface area contributed by atoms with Gasteiger partial charge in [-0.1, -0.05) is 6.92 Å². The summed E-state index contributed by atoms with van der Waals surface area (Å²) < 4.78 is 5.45. The fourth-order valence-electron chi connectivity index (χ4n) is 2.65. The minimum atomic E-state index is -0.00000501. The first-order valence-electron chi connectivity index (χ1n) is 7.77. The number of carbonyl (C=O) groups is 1. The number of urea groups is 1. The number of hydrogen-bond donors (Lipinski definition) is 1. The van der Waals surface area contributed by atoms with Crippen LogP contribution >= 0.6 is 11.3 Å². The van der Waals surface area contributed by atoms with Gasteiger partial charge in [-0.15, -0.1) is 11.3 Å². The molecule has 0 aliphatic carbocycles. The van der Waals surface area contributed by atoms with E-state index in [4.69, 9.17) is 4.42 Å². The van der Waals surface area contributed by atoms with Gasteiger partial charge in [0.2, 0.25) is 0 Å². The van der Waals surface area contributed by atoms with E-state index < -0.39 is 0 Å². The van der Waals surface area contributed by atoms with Crippen molar-refractivity contribution in [3.05, 3.63) is 39.7 Å². The van der Waals surface area contributed by atoms with E-state index in [0.717, 1.165) is 54.3 Å². The number of amides is 2. The van der Waals surface area contributed by atoms with E-state index in [-0.39, 0.29) is 6.03 Å². The molecule has 1 N–H and O–H groups in total. The lowest BCUT2D eigenvalue weighted by molar-refractivity contribution is 0.196. The SMILES string of the molecule is CCc1nc(CCNC(=O)N2CCCc3occc3C2)cs1. The smallest absolute Gasteiger partial charge is 0.317 e. The van der Waals surface area contributed by atoms with Gasteiger partial charge in [0.25, 0.3) is 0 Å². The second-order valence-electron chi connectivity index (χ2n) is 5.46. The molecule has 3 rings (SSSR count). The number of nitrogens with zero attached hydrogens (tertiary/aromatic N) is 2. The van der Waals surface area contributed by atoms with E-state index in [1.807, 2.05) is 11.0 Å². The minimum Gasteiger partial charge on any atom is -0.469 e. The van der Waals surface area contributed by atoms with Gasteiger partial charge in [-0.25, -0.2) is 9.78 Å². The Bertz CT molecular complexity index is 635. The third-order valence-corrected chi connectivity index (χ3v) is 4.92. The molecule has 2 aromatic rings. The van der Waals surface area contributed by atoms with Crippen molar-refractivity contribution in [3.63, 3.8) is 0 Å². The summed E-state index contributed by atoms with van der Waals surface area (Å²) in [6.45, 7) is 4.13. The lowest BCUT2D eigenvalue weighted by Gasteiger charge is -2.20. The van der Waals surface area contributed by atoms with Crippen molar-refractivity contribution in [2.45, 2.75) is 39.2 Å². The van der Waals surface area contributed by atoms with E-state index in [1.54, 1.807) is 17.6 Å². The molecule has 2 aromatic heterocycles. The second-order valence-corrected chi connectivity index (χ2v) is 6.40. The lowest BCUT2D eigenvalue weighted by Crippen LogP contribution is -2.40. The Morgan fingerprint density at radius 3 is 3.27 bits per heavy atom. The highest BCUT2D eigenvalue weighted by Crippen LogP contribution is 2.19. The van der Waals surface area contributed by atoms with Crippen molar-refractivity contribution in [1.82, 2.24) is 15.2 Å². The fraction of sp³-hybridized carbons (Fsp3) is 0.500. The average Bonchev–Trinajstić information content (AvgIpc) is 3.12. The maximum Gasteiger partial charge on any atom is 0.317 e. The number of furan rings is 1. The van der Waals surface area contributed by atoms with Gasteiger partial charge < -0.3 is 14.6 Å². The van der Waals surface area contributed by atoms with Crippen LogP contribution in [0, 0.1) is 0 Å². The molecule has 0 bridgehead atoms. The maximum atomic E-state index is 12.3. The minimum absolute atomic E-state index is 0.00000501. The molecule has 0 fully saturated rings. The molecule has 0 aromatic carbocycles. The number of fused-ring (bicyclic) bond motifs is 1. The van der Waals surface area contributed by atoms with Crippen LogP contribution in [-0.2, 0) is 25.8 Å². The monoisotopic (exact) mass is 319 g/mol. The first-order valence-corrected chi connectivity index (χ1v) is 8.65. The van der Waals surface area contributed by atoms with Crippen molar-refractivity contribution in [1.29, 1.82) is 0 Å². The Hall–Kier alpha value is -1.82. The summed E-state index contributed by atoms with van der Waals surface area (Å²) in [4.78, 5) is 18.7. The summed E-state index contributed by atoms with van der Waals surface area (Å²) >= 11 is 1.69. The molecular formula is C16H21N3O2S. The van der Waals surface area contributed by atoms with Gasteiger partial charge in [-0.05, 0) is 18.9 Å². The van der Waals surface area contributed by atoms with Gasteiger partial charge in [-0.3, -0.25) is 0 Å². The van der Waals surface area contributed by atoms with Gasteiger partial charge in [0.15, 0.2) is 0 Å². The molecule has 0 atom stereocenters. The van der Waals surface area contributed by atoms with Crippen LogP contribution in [0.5, 0.6) is 0 Å². The molecule has 5 nitrogen and oxygen atoms in total. The maximum absolute atomic E-state index is 12.3. The van der Waals surface area contributed by atoms with E-state index in [0.29, 0.717) is 13.1 Å². The summed E-state index contributed by atoms with van der Waals surface area (Å²) in [5.74, 6) is 1.02. The van der Waals surface area contributed by atoms with Crippen molar-refractivity contribution in [3.8, 4) is 0 Å². The van der Waals surface area contributed by atoms with E-state index in [2.05, 4.69) is 22.6 Å². The first-order chi connectivity index (χ1) is 10.8. The Morgan fingerprint density at radius 1 is 1.55 bits per heavy atom. The zero-order chi connectivity index (χ0) is 15.4. The second kappa shape index (κ2) is 6.96. The topological polar surface area (TPSA) is 58.4 Å². The standard InChI is InChI=1S/C16H21N3O2S/c1-2-15-18-13(11-22-15)5-7-17-16(20)19-8-3-4-14-12(10-19)6-9-21-14/h6,9,11H,2-5,7-8,10H2,1H3,(H,17,20). The van der Waals surface area contributed by atoms with E-state index >= 15 is 0 Å². The van der Waals surface area contributed by atoms with Gasteiger partial charge in [0.1, 0.15) is 5.76 Å². The van der Waals surface area contributed by atoms with Gasteiger partial charge in [-0.2, -0.15) is 0 Å². The average molecular weight is 319 g/mol. The van der Waals surface area contributed by atoms with E-state index in [1.165, 1.54) is 0 Å². The molecule has 0 saturated carbocycles. The Morgan fingerprint density at radius 2 is 2.45 bits per heavy atom. The number of aryl methyl sites for hydroxylation is 2. The van der Waals surface area contributed by atoms with Crippen LogP contribution in [0.4, 0.5) is 4.79 Å². The molecular weight excluding hydrogens is 298 g/mol. The highest BCUT2D eigenvalue weighted by Gasteiger charge is 2.20. The summed E-state index contributed by atoms with van der Waals surface area (Å²) in [6, 6.07) is 1.96. The molecule has 0 radical (unpaired) electrons. The van der Waals surface area contributed by atoms with Crippen LogP contribution in [-0.4, -0.2) is 29.0 Å². The predicted molar refractivity (Wildman–Crippen MR) is 86.0 cm³/mol. The highest BCUT2D eigenvalue weighted by molar-refractivity contribution is 7.09. The fourth-order valence-corrected chi connectivity index (χ4v) is 3.43. The number of thiazole rings is 1. The van der Waals surface area contributed by atoms with Crippen LogP contribution in [0.2, 0.25) is 0 Å². The summed E-state index contributed by atoms with van der Waals surface area (Å²) in [5, 5.41) is 6.23. The third-order valence-electron chi connectivity index (χ3n) is 3.88. The Kier molecular flexibility index (Phi) is 4.77. The van der Waals surface area contributed by atoms with Crippen molar-refractivity contribution in [2.24, 2.45) is 0 Å². The van der Waals surface area contributed by atoms with Crippen LogP contribution < -0.4 is 5.32 Å². The van der Waals surface area contributed by atoms with Crippen molar-refractivity contribution < 1.29 is 9.21 Å². The largest absolute Gasteiger partial charge is 0.469 e. The molecule has 22 heavy (non-hydrogen) atoms. The Labute approximate surface area is 134 Å². The Balaban J connectivity index is 1.49. The zero-order valence-corrected chi connectivity index (χ0v) is 13.6. The van der Waals surface area contributed by atoms with Gasteiger partial charge in [0.05, 0.1) is 23.5 Å². The number of hydrogen-bond acceptors (Lipinski definition) is 4. The highest BCUT2D eigenvalue weighted by atomic mass is 32.1. The number of aromatic nitrogens is 1. The summed E-state index contributed by atoms with van der Waals surface area (Å²) in [7, 11) is 0. The lowest BCUT2D eigenvalue weighted by atomic mass is 10.2. The molecule has 0 spiro atoms. The van der Waals surface area contributed by atoms with Crippen LogP contribution in [0.15, 0.2) is 22.1 Å². The van der Waals surface area contributed by atoms with Crippen LogP contribution in [0.3, 0.4) is 0 Å². The molecule has 3 heterocycles. The summed E-state index contributed by atoms with van der Waals surface area (Å²) in [6.07, 6.45) is 5.31. The van der Waals surface area contributed by atoms with Crippen LogP contribution in [0.1, 0.15) is 35.4 Å². The van der Waals surface area contributed by atoms with Crippen molar-refractivity contribution >= 4 is 17.4 Å². The van der Waals surface area contributed by atoms with Crippen LogP contribution in [0.25, 0.3) is 0 Å². The van der Waals surface area contributed by atoms with Crippen molar-refractivity contribution in [2.75, 3.05) is 13.1 Å². The molecule has 1 aliphatic rings. The molecule has 118 valence electrons. The van der Waals surface area contributed by atoms with E-state index in [9.17, 15) is 4.79 Å². The predicted octanol–water partition coefficient (Wildman–Crippen LogP) is 3.00. The number of carbonyl (C=O) groups excluding carboxylic acids is 1. The zero-order valence-electron chi connectivity index (χ0n) is 12.8. The first kappa shape index (κ1) is 15.1. The molecule has 0 unspecified atom stereocenters. The number of nitrogens with one attached hydrogen (secondary N) is 1. The summed E-state index contributed by atoms with van der Waals surface area (Å²) in [5.41, 5.74) is 2.19. The van der Waals surface area contributed by atoms with Gasteiger partial charge >= 0.3 is 6.03 Å². The molecule has 6 heteroatoms. The number of rotatable bonds is 4. The van der Waals surface area contributed by atoms with Gasteiger partial charge in [0, 0.05) is 36.9 Å². The molecule has 2 amide bonds. The third kappa shape index (κ3) is 3.50.